The number of fused-ring (bicyclic) bond motifs is 10. The number of benzene rings is 6. The van der Waals surface area contributed by atoms with Crippen molar-refractivity contribution in [3.05, 3.63) is 132 Å². The summed E-state index contributed by atoms with van der Waals surface area (Å²) in [4.78, 5) is 0. The fourth-order valence-corrected chi connectivity index (χ4v) is 13.4. The molecule has 3 aliphatic heterocycles. The molecule has 2 bridgehead atoms. The smallest absolute Gasteiger partial charge is 0.00211 e. The van der Waals surface area contributed by atoms with Gasteiger partial charge >= 0.3 is 0 Å². The molecule has 3 fully saturated rings. The van der Waals surface area contributed by atoms with E-state index >= 15 is 0 Å². The molecule has 0 spiro atoms. The maximum absolute atomic E-state index is 2.44. The Bertz CT molecular complexity index is 2000. The third kappa shape index (κ3) is 5.73. The Balaban J connectivity index is 0.000000142. The number of aryl methyl sites for hydroxylation is 1. The third-order valence-corrected chi connectivity index (χ3v) is 17.4. The van der Waals surface area contributed by atoms with Gasteiger partial charge in [0.05, 0.1) is 0 Å². The van der Waals surface area contributed by atoms with Gasteiger partial charge in [-0.05, 0) is 111 Å². The van der Waals surface area contributed by atoms with Crippen molar-refractivity contribution < 1.29 is 0 Å². The van der Waals surface area contributed by atoms with Crippen molar-refractivity contribution in [1.82, 2.24) is 0 Å². The van der Waals surface area contributed by atoms with E-state index in [0.717, 1.165) is 0 Å². The molecule has 2 saturated heterocycles. The molecule has 3 heteroatoms. The van der Waals surface area contributed by atoms with Gasteiger partial charge in [-0.25, -0.2) is 0 Å². The summed E-state index contributed by atoms with van der Waals surface area (Å²) in [5.41, 5.74) is 8.49. The fourth-order valence-electron chi connectivity index (χ4n) is 7.49. The summed E-state index contributed by atoms with van der Waals surface area (Å²) < 4.78 is 0. The van der Waals surface area contributed by atoms with Gasteiger partial charge in [-0.2, -0.15) is 0 Å². The lowest BCUT2D eigenvalue weighted by Gasteiger charge is -2.57. The zero-order valence-electron chi connectivity index (χ0n) is 25.9. The van der Waals surface area contributed by atoms with Gasteiger partial charge in [-0.3, -0.25) is 0 Å². The summed E-state index contributed by atoms with van der Waals surface area (Å²) in [7, 11) is 0.519. The first-order chi connectivity index (χ1) is 21.6. The zero-order valence-corrected chi connectivity index (χ0v) is 28.6. The van der Waals surface area contributed by atoms with Crippen LogP contribution in [-0.4, -0.2) is 24.6 Å². The van der Waals surface area contributed by atoms with E-state index in [1.54, 1.807) is 12.8 Å². The van der Waals surface area contributed by atoms with E-state index in [-0.39, 0.29) is 30.3 Å². The van der Waals surface area contributed by atoms with E-state index in [1.807, 2.05) is 0 Å². The summed E-state index contributed by atoms with van der Waals surface area (Å²) in [5.74, 6) is 0. The molecule has 11 rings (SSSR count). The van der Waals surface area contributed by atoms with E-state index < -0.39 is 0 Å². The average molecular weight is 657 g/mol. The van der Waals surface area contributed by atoms with Gasteiger partial charge in [0.15, 0.2) is 0 Å². The molecule has 1 saturated carbocycles. The summed E-state index contributed by atoms with van der Waals surface area (Å²) in [6.45, 7) is 7.23. The number of rotatable bonds is 0. The molecule has 0 nitrogen and oxygen atoms in total. The highest BCUT2D eigenvalue weighted by atomic mass is 31.1. The van der Waals surface area contributed by atoms with Crippen LogP contribution in [0.15, 0.2) is 121 Å². The monoisotopic (exact) mass is 656 g/mol. The second-order valence-electron chi connectivity index (χ2n) is 12.9. The minimum absolute atomic E-state index is 0. The standard InChI is InChI=1S/C23H19P.C13H11P.C5H9P.2CH4/c1-24-14-18-12-10-16-6-2-4-8-20(16)22(18)23-19(15-24)13-11-17-7-3-5-9-21(17)23;1-14-12-8-4-2-6-10(12)11-7-3-5-9-13(11)14;1-6-4-2-5(6)3-4;;/h2-13H,14-15H2,1H3;2-9H,1H3;4-5H,2-3H2,1H3;2*1H4. The first kappa shape index (κ1) is 32.9. The second kappa shape index (κ2) is 13.6. The second-order valence-corrected chi connectivity index (χ2v) is 20.1. The van der Waals surface area contributed by atoms with E-state index in [2.05, 4.69) is 141 Å². The van der Waals surface area contributed by atoms with Crippen molar-refractivity contribution in [1.29, 1.82) is 0 Å². The molecule has 1 aromatic heterocycles. The Morgan fingerprint density at radius 3 is 1.22 bits per heavy atom. The highest BCUT2D eigenvalue weighted by Crippen LogP contribution is 2.70. The van der Waals surface area contributed by atoms with Gasteiger partial charge in [0, 0.05) is 10.2 Å². The van der Waals surface area contributed by atoms with Crippen LogP contribution in [0.3, 0.4) is 0 Å². The molecule has 0 amide bonds. The van der Waals surface area contributed by atoms with Gasteiger partial charge in [-0.1, -0.05) is 136 Å². The van der Waals surface area contributed by atoms with Crippen LogP contribution in [-0.2, 0) is 19.0 Å². The predicted octanol–water partition coefficient (Wildman–Crippen LogP) is 14.2. The van der Waals surface area contributed by atoms with Crippen molar-refractivity contribution in [2.75, 3.05) is 13.3 Å². The molecule has 46 heavy (non-hydrogen) atoms. The Hall–Kier alpha value is -3.00. The molecule has 7 aromatic rings. The highest BCUT2D eigenvalue weighted by molar-refractivity contribution is 7.62. The predicted molar refractivity (Wildman–Crippen MR) is 215 cm³/mol. The van der Waals surface area contributed by atoms with Gasteiger partial charge in [0.25, 0.3) is 0 Å². The largest absolute Gasteiger partial charge is 0.112 e. The third-order valence-electron chi connectivity index (χ3n) is 10.2. The molecule has 4 aliphatic rings. The highest BCUT2D eigenvalue weighted by Gasteiger charge is 2.48. The van der Waals surface area contributed by atoms with Crippen molar-refractivity contribution in [3.63, 3.8) is 0 Å². The van der Waals surface area contributed by atoms with Crippen molar-refractivity contribution >= 4 is 65.9 Å². The first-order valence-electron chi connectivity index (χ1n) is 15.9. The van der Waals surface area contributed by atoms with Gasteiger partial charge in [-0.15, -0.1) is 23.4 Å². The Kier molecular flexibility index (Phi) is 9.75. The lowest BCUT2D eigenvalue weighted by atomic mass is 9.88. The minimum Gasteiger partial charge on any atom is -0.112 e. The van der Waals surface area contributed by atoms with Crippen LogP contribution in [0.25, 0.3) is 53.7 Å². The normalized spacial score (nSPS) is 19.1. The van der Waals surface area contributed by atoms with Crippen molar-refractivity contribution in [2.24, 2.45) is 6.66 Å². The first-order valence-corrected chi connectivity index (χ1v) is 21.8. The van der Waals surface area contributed by atoms with Crippen molar-refractivity contribution in [3.8, 4) is 11.1 Å². The number of hydrogen-bond acceptors (Lipinski definition) is 0. The molecule has 1 aliphatic carbocycles. The van der Waals surface area contributed by atoms with Crippen LogP contribution in [0.5, 0.6) is 0 Å². The Labute approximate surface area is 279 Å². The maximum Gasteiger partial charge on any atom is 0.00211 e. The summed E-state index contributed by atoms with van der Waals surface area (Å²) in [6, 6.07) is 44.6. The molecule has 0 N–H and O–H groups in total. The van der Waals surface area contributed by atoms with Crippen LogP contribution in [0.2, 0.25) is 0 Å². The van der Waals surface area contributed by atoms with Gasteiger partial charge in [0.1, 0.15) is 0 Å². The molecule has 234 valence electrons. The minimum atomic E-state index is -0.0967. The lowest BCUT2D eigenvalue weighted by molar-refractivity contribution is 0.452. The van der Waals surface area contributed by atoms with Crippen LogP contribution in [0, 0.1) is 0 Å². The average Bonchev–Trinajstić information content (AvgIpc) is 3.22. The summed E-state index contributed by atoms with van der Waals surface area (Å²) in [6.07, 6.45) is 5.64. The molecule has 0 unspecified atom stereocenters. The van der Waals surface area contributed by atoms with Gasteiger partial charge in [0.2, 0.25) is 0 Å². The van der Waals surface area contributed by atoms with Crippen LogP contribution in [0.4, 0.5) is 0 Å². The molecule has 0 atom stereocenters. The summed E-state index contributed by atoms with van der Waals surface area (Å²) >= 11 is 0. The van der Waals surface area contributed by atoms with Crippen LogP contribution in [0.1, 0.15) is 38.8 Å². The number of hydrogen-bond donors (Lipinski definition) is 0. The maximum atomic E-state index is 2.44. The van der Waals surface area contributed by atoms with Gasteiger partial charge < -0.3 is 0 Å². The summed E-state index contributed by atoms with van der Waals surface area (Å²) in [5, 5.41) is 11.4. The van der Waals surface area contributed by atoms with Crippen LogP contribution >= 0.6 is 23.4 Å². The van der Waals surface area contributed by atoms with E-state index in [0.29, 0.717) is 7.92 Å². The van der Waals surface area contributed by atoms with Crippen molar-refractivity contribution in [2.45, 2.75) is 51.3 Å². The van der Waals surface area contributed by atoms with Crippen LogP contribution < -0.4 is 0 Å². The molecule has 6 aromatic carbocycles. The molecule has 4 heterocycles. The topological polar surface area (TPSA) is 0 Å². The van der Waals surface area contributed by atoms with E-state index in [4.69, 9.17) is 0 Å². The molecular formula is C43H47P3. The molecule has 0 radical (unpaired) electrons. The SMILES string of the molecule is C.C.CP1C2CC1C2.CP1Cc2ccc3ccccc3c2-c2c(ccc3ccccc23)C1.Cp1c2ccccc2c2ccccc21. The fraction of sp³-hybridized carbons (Fsp3) is 0.256. The Morgan fingerprint density at radius 1 is 0.457 bits per heavy atom. The zero-order chi connectivity index (χ0) is 29.8. The lowest BCUT2D eigenvalue weighted by Crippen LogP contribution is -2.45. The van der Waals surface area contributed by atoms with E-state index in [1.165, 1.54) is 88.4 Å². The quantitative estimate of drug-likeness (QED) is 0.143. The molecular weight excluding hydrogens is 609 g/mol. The Morgan fingerprint density at radius 2 is 0.826 bits per heavy atom. The van der Waals surface area contributed by atoms with E-state index in [9.17, 15) is 0 Å².